The summed E-state index contributed by atoms with van der Waals surface area (Å²) in [6.07, 6.45) is 6.09. The normalized spacial score (nSPS) is 20.5. The van der Waals surface area contributed by atoms with Crippen LogP contribution in [-0.2, 0) is 4.79 Å². The predicted octanol–water partition coefficient (Wildman–Crippen LogP) is 0.755. The molecule has 0 radical (unpaired) electrons. The zero-order valence-corrected chi connectivity index (χ0v) is 6.36. The van der Waals surface area contributed by atoms with Gasteiger partial charge in [-0.15, -0.1) is 0 Å². The molecular weight excluding hydrogens is 142 g/mol. The summed E-state index contributed by atoms with van der Waals surface area (Å²) in [5.74, 6) is -0.449. The molecule has 1 atom stereocenters. The third kappa shape index (κ3) is 2.35. The number of nitrogens with two attached hydrogens (primary N) is 1. The fourth-order valence-electron chi connectivity index (χ4n) is 1.36. The van der Waals surface area contributed by atoms with E-state index in [0.29, 0.717) is 5.92 Å². The van der Waals surface area contributed by atoms with Gasteiger partial charge in [0.15, 0.2) is 0 Å². The molecule has 0 heterocycles. The summed E-state index contributed by atoms with van der Waals surface area (Å²) in [4.78, 5) is 10.3. The molecule has 0 aromatic rings. The van der Waals surface area contributed by atoms with Gasteiger partial charge >= 0.3 is 5.97 Å². The highest BCUT2D eigenvalue weighted by Crippen LogP contribution is 2.21. The van der Waals surface area contributed by atoms with Gasteiger partial charge in [0, 0.05) is 6.04 Å². The SMILES string of the molecule is N[C@@H](CC(=O)O)C1CC=CC1. The van der Waals surface area contributed by atoms with E-state index in [1.54, 1.807) is 0 Å². The summed E-state index contributed by atoms with van der Waals surface area (Å²) in [6.45, 7) is 0. The van der Waals surface area contributed by atoms with Gasteiger partial charge in [0.05, 0.1) is 6.42 Å². The molecular formula is C8H13NO2. The van der Waals surface area contributed by atoms with Gasteiger partial charge in [0.2, 0.25) is 0 Å². The van der Waals surface area contributed by atoms with Gasteiger partial charge in [-0.2, -0.15) is 0 Å². The Morgan fingerprint density at radius 1 is 1.64 bits per heavy atom. The fourth-order valence-corrected chi connectivity index (χ4v) is 1.36. The van der Waals surface area contributed by atoms with Crippen LogP contribution in [-0.4, -0.2) is 17.1 Å². The van der Waals surface area contributed by atoms with Gasteiger partial charge in [0.1, 0.15) is 0 Å². The van der Waals surface area contributed by atoms with Crippen LogP contribution in [0, 0.1) is 5.92 Å². The van der Waals surface area contributed by atoms with Crippen LogP contribution < -0.4 is 5.73 Å². The van der Waals surface area contributed by atoms with Crippen LogP contribution in [0.1, 0.15) is 19.3 Å². The molecule has 3 heteroatoms. The molecule has 0 saturated heterocycles. The van der Waals surface area contributed by atoms with Crippen LogP contribution in [0.5, 0.6) is 0 Å². The van der Waals surface area contributed by atoms with Crippen molar-refractivity contribution in [1.29, 1.82) is 0 Å². The Balaban J connectivity index is 2.29. The minimum Gasteiger partial charge on any atom is -0.481 e. The highest BCUT2D eigenvalue weighted by Gasteiger charge is 2.20. The summed E-state index contributed by atoms with van der Waals surface area (Å²) >= 11 is 0. The molecule has 3 N–H and O–H groups in total. The lowest BCUT2D eigenvalue weighted by molar-refractivity contribution is -0.137. The number of carboxylic acid groups (broad SMARTS) is 1. The number of hydrogen-bond donors (Lipinski definition) is 2. The van der Waals surface area contributed by atoms with Crippen molar-refractivity contribution in [1.82, 2.24) is 0 Å². The van der Waals surface area contributed by atoms with E-state index in [2.05, 4.69) is 12.2 Å². The number of carboxylic acids is 1. The van der Waals surface area contributed by atoms with E-state index in [9.17, 15) is 4.79 Å². The van der Waals surface area contributed by atoms with Crippen LogP contribution >= 0.6 is 0 Å². The molecule has 0 fully saturated rings. The summed E-state index contributed by atoms with van der Waals surface area (Å²) in [7, 11) is 0. The van der Waals surface area contributed by atoms with Gasteiger partial charge in [0.25, 0.3) is 0 Å². The van der Waals surface area contributed by atoms with Gasteiger partial charge in [-0.1, -0.05) is 12.2 Å². The van der Waals surface area contributed by atoms with Gasteiger partial charge in [-0.05, 0) is 18.8 Å². The first-order valence-corrected chi connectivity index (χ1v) is 3.82. The molecule has 1 rings (SSSR count). The maximum absolute atomic E-state index is 10.3. The smallest absolute Gasteiger partial charge is 0.304 e. The van der Waals surface area contributed by atoms with Crippen molar-refractivity contribution in [2.45, 2.75) is 25.3 Å². The topological polar surface area (TPSA) is 63.3 Å². The number of carbonyl (C=O) groups is 1. The molecule has 1 aliphatic rings. The van der Waals surface area contributed by atoms with Crippen molar-refractivity contribution >= 4 is 5.97 Å². The van der Waals surface area contributed by atoms with E-state index in [-0.39, 0.29) is 12.5 Å². The zero-order chi connectivity index (χ0) is 8.27. The first-order valence-electron chi connectivity index (χ1n) is 3.82. The minimum absolute atomic E-state index is 0.0896. The third-order valence-electron chi connectivity index (χ3n) is 2.06. The maximum atomic E-state index is 10.3. The molecule has 3 nitrogen and oxygen atoms in total. The number of aliphatic carboxylic acids is 1. The summed E-state index contributed by atoms with van der Waals surface area (Å²) < 4.78 is 0. The van der Waals surface area contributed by atoms with Gasteiger partial charge < -0.3 is 10.8 Å². The average molecular weight is 155 g/mol. The van der Waals surface area contributed by atoms with Crippen molar-refractivity contribution in [2.24, 2.45) is 11.7 Å². The predicted molar refractivity (Wildman–Crippen MR) is 42.1 cm³/mol. The van der Waals surface area contributed by atoms with E-state index in [4.69, 9.17) is 10.8 Å². The quantitative estimate of drug-likeness (QED) is 0.591. The van der Waals surface area contributed by atoms with Crippen molar-refractivity contribution < 1.29 is 9.90 Å². The number of allylic oxidation sites excluding steroid dienone is 2. The standard InChI is InChI=1S/C8H13NO2/c9-7(5-8(10)11)6-3-1-2-4-6/h1-2,6-7H,3-5,9H2,(H,10,11)/t7-/m0/s1. The van der Waals surface area contributed by atoms with Gasteiger partial charge in [-0.3, -0.25) is 4.79 Å². The van der Waals surface area contributed by atoms with Crippen molar-refractivity contribution in [3.8, 4) is 0 Å². The zero-order valence-electron chi connectivity index (χ0n) is 6.36. The molecule has 0 unspecified atom stereocenters. The Kier molecular flexibility index (Phi) is 2.65. The molecule has 0 spiro atoms. The maximum Gasteiger partial charge on any atom is 0.304 e. The van der Waals surface area contributed by atoms with Crippen molar-refractivity contribution in [3.63, 3.8) is 0 Å². The molecule has 0 bridgehead atoms. The minimum atomic E-state index is -0.801. The van der Waals surface area contributed by atoms with Crippen LogP contribution in [0.25, 0.3) is 0 Å². The van der Waals surface area contributed by atoms with E-state index in [1.807, 2.05) is 0 Å². The summed E-state index contributed by atoms with van der Waals surface area (Å²) in [5.41, 5.74) is 5.66. The highest BCUT2D eigenvalue weighted by atomic mass is 16.4. The van der Waals surface area contributed by atoms with Crippen molar-refractivity contribution in [2.75, 3.05) is 0 Å². The molecule has 0 aliphatic heterocycles. The molecule has 0 aromatic heterocycles. The van der Waals surface area contributed by atoms with E-state index in [0.717, 1.165) is 12.8 Å². The second-order valence-electron chi connectivity index (χ2n) is 2.96. The average Bonchev–Trinajstić information content (AvgIpc) is 2.35. The molecule has 0 saturated carbocycles. The Hall–Kier alpha value is -0.830. The molecule has 1 aliphatic carbocycles. The lowest BCUT2D eigenvalue weighted by Crippen LogP contribution is -2.31. The molecule has 11 heavy (non-hydrogen) atoms. The Labute approximate surface area is 65.9 Å². The van der Waals surface area contributed by atoms with E-state index in [1.165, 1.54) is 0 Å². The Morgan fingerprint density at radius 2 is 2.18 bits per heavy atom. The van der Waals surface area contributed by atoms with E-state index < -0.39 is 5.97 Å². The van der Waals surface area contributed by atoms with Crippen LogP contribution in [0.4, 0.5) is 0 Å². The summed E-state index contributed by atoms with van der Waals surface area (Å²) in [6, 6.07) is -0.178. The number of rotatable bonds is 3. The first kappa shape index (κ1) is 8.27. The molecule has 62 valence electrons. The Bertz CT molecular complexity index is 169. The second-order valence-corrected chi connectivity index (χ2v) is 2.96. The monoisotopic (exact) mass is 155 g/mol. The van der Waals surface area contributed by atoms with Crippen LogP contribution in [0.2, 0.25) is 0 Å². The summed E-state index contributed by atoms with van der Waals surface area (Å²) in [5, 5.41) is 8.44. The second kappa shape index (κ2) is 3.53. The lowest BCUT2D eigenvalue weighted by Gasteiger charge is -2.15. The van der Waals surface area contributed by atoms with Crippen LogP contribution in [0.15, 0.2) is 12.2 Å². The first-order chi connectivity index (χ1) is 5.20. The highest BCUT2D eigenvalue weighted by molar-refractivity contribution is 5.67. The molecule has 0 amide bonds. The van der Waals surface area contributed by atoms with Crippen molar-refractivity contribution in [3.05, 3.63) is 12.2 Å². The Morgan fingerprint density at radius 3 is 2.64 bits per heavy atom. The number of hydrogen-bond acceptors (Lipinski definition) is 2. The lowest BCUT2D eigenvalue weighted by atomic mass is 9.96. The molecule has 0 aromatic carbocycles. The fraction of sp³-hybridized carbons (Fsp3) is 0.625. The third-order valence-corrected chi connectivity index (χ3v) is 2.06. The van der Waals surface area contributed by atoms with E-state index >= 15 is 0 Å². The van der Waals surface area contributed by atoms with Gasteiger partial charge in [-0.25, -0.2) is 0 Å². The largest absolute Gasteiger partial charge is 0.481 e. The van der Waals surface area contributed by atoms with Crippen LogP contribution in [0.3, 0.4) is 0 Å².